The summed E-state index contributed by atoms with van der Waals surface area (Å²) in [7, 11) is 0. The normalized spacial score (nSPS) is 14.4. The van der Waals surface area contributed by atoms with Crippen LogP contribution in [0.1, 0.15) is 46.5 Å². The number of aldehydes is 1. The van der Waals surface area contributed by atoms with Gasteiger partial charge in [-0.2, -0.15) is 0 Å². The van der Waals surface area contributed by atoms with Gasteiger partial charge in [0.15, 0.2) is 0 Å². The van der Waals surface area contributed by atoms with E-state index in [1.807, 2.05) is 0 Å². The van der Waals surface area contributed by atoms with E-state index in [-0.39, 0.29) is 5.92 Å². The predicted octanol–water partition coefficient (Wildman–Crippen LogP) is 3.35. The van der Waals surface area contributed by atoms with E-state index in [1.165, 1.54) is 5.57 Å². The summed E-state index contributed by atoms with van der Waals surface area (Å²) in [6, 6.07) is 0. The van der Waals surface area contributed by atoms with E-state index in [0.717, 1.165) is 32.0 Å². The fourth-order valence-electron chi connectivity index (χ4n) is 1.06. The lowest BCUT2D eigenvalue weighted by Crippen LogP contribution is -1.98. The first kappa shape index (κ1) is 11.4. The lowest BCUT2D eigenvalue weighted by molar-refractivity contribution is -0.111. The van der Waals surface area contributed by atoms with Crippen molar-refractivity contribution in [2.75, 3.05) is 0 Å². The minimum atomic E-state index is 0.269. The van der Waals surface area contributed by atoms with E-state index in [2.05, 4.69) is 26.8 Å². The van der Waals surface area contributed by atoms with Crippen LogP contribution in [0.25, 0.3) is 0 Å². The Labute approximate surface area is 75.9 Å². The average Bonchev–Trinajstić information content (AvgIpc) is 2.12. The van der Waals surface area contributed by atoms with Crippen molar-refractivity contribution in [3.63, 3.8) is 0 Å². The third-order valence-corrected chi connectivity index (χ3v) is 2.30. The van der Waals surface area contributed by atoms with Crippen LogP contribution in [0.15, 0.2) is 11.6 Å². The molecule has 0 aliphatic carbocycles. The van der Waals surface area contributed by atoms with Gasteiger partial charge in [0.1, 0.15) is 6.29 Å². The lowest BCUT2D eigenvalue weighted by Gasteiger charge is -2.03. The fourth-order valence-corrected chi connectivity index (χ4v) is 1.06. The highest BCUT2D eigenvalue weighted by Gasteiger charge is 2.01. The average molecular weight is 168 g/mol. The maximum atomic E-state index is 10.5. The summed E-state index contributed by atoms with van der Waals surface area (Å²) >= 11 is 0. The van der Waals surface area contributed by atoms with Gasteiger partial charge in [0.25, 0.3) is 0 Å². The zero-order valence-electron chi connectivity index (χ0n) is 8.47. The lowest BCUT2D eigenvalue weighted by atomic mass is 10.0. The topological polar surface area (TPSA) is 17.1 Å². The molecule has 0 bridgehead atoms. The number of hydrogen-bond acceptors (Lipinski definition) is 1. The summed E-state index contributed by atoms with van der Waals surface area (Å²) < 4.78 is 0. The Kier molecular flexibility index (Phi) is 6.73. The molecule has 0 amide bonds. The van der Waals surface area contributed by atoms with Gasteiger partial charge in [-0.1, -0.05) is 25.5 Å². The van der Waals surface area contributed by atoms with Crippen molar-refractivity contribution >= 4 is 6.29 Å². The van der Waals surface area contributed by atoms with Crippen LogP contribution in [0.5, 0.6) is 0 Å². The number of allylic oxidation sites excluding steroid dienone is 2. The Bertz CT molecular complexity index is 147. The fraction of sp³-hybridized carbons (Fsp3) is 0.727. The molecule has 0 aromatic rings. The molecule has 0 radical (unpaired) electrons. The molecule has 0 aliphatic rings. The zero-order valence-corrected chi connectivity index (χ0v) is 8.47. The molecule has 1 atom stereocenters. The van der Waals surface area contributed by atoms with Crippen LogP contribution >= 0.6 is 0 Å². The van der Waals surface area contributed by atoms with Crippen molar-refractivity contribution in [1.29, 1.82) is 0 Å². The molecule has 0 aromatic heterocycles. The third kappa shape index (κ3) is 5.11. The maximum Gasteiger partial charge on any atom is 0.123 e. The molecule has 0 saturated carbocycles. The zero-order chi connectivity index (χ0) is 9.40. The van der Waals surface area contributed by atoms with Crippen LogP contribution in [0, 0.1) is 5.92 Å². The summed E-state index contributed by atoms with van der Waals surface area (Å²) in [5, 5.41) is 0. The SMILES string of the molecule is CC/C(C)=C\CCC(C=O)CC. The Hall–Kier alpha value is -0.590. The first-order chi connectivity index (χ1) is 5.74. The predicted molar refractivity (Wildman–Crippen MR) is 53.1 cm³/mol. The van der Waals surface area contributed by atoms with Crippen LogP contribution in [0.4, 0.5) is 0 Å². The Morgan fingerprint density at radius 2 is 2.08 bits per heavy atom. The Morgan fingerprint density at radius 3 is 2.50 bits per heavy atom. The highest BCUT2D eigenvalue weighted by molar-refractivity contribution is 5.53. The van der Waals surface area contributed by atoms with Crippen molar-refractivity contribution in [3.8, 4) is 0 Å². The molecule has 0 rings (SSSR count). The van der Waals surface area contributed by atoms with E-state index in [1.54, 1.807) is 0 Å². The summed E-state index contributed by atoms with van der Waals surface area (Å²) in [6.45, 7) is 6.36. The molecular weight excluding hydrogens is 148 g/mol. The molecule has 0 aliphatic heterocycles. The first-order valence-electron chi connectivity index (χ1n) is 4.85. The van der Waals surface area contributed by atoms with Crippen molar-refractivity contribution < 1.29 is 4.79 Å². The van der Waals surface area contributed by atoms with E-state index >= 15 is 0 Å². The highest BCUT2D eigenvalue weighted by Crippen LogP contribution is 2.10. The maximum absolute atomic E-state index is 10.5. The molecule has 0 N–H and O–H groups in total. The number of rotatable bonds is 6. The first-order valence-corrected chi connectivity index (χ1v) is 4.85. The van der Waals surface area contributed by atoms with Crippen LogP contribution in [0.2, 0.25) is 0 Å². The van der Waals surface area contributed by atoms with Gasteiger partial charge >= 0.3 is 0 Å². The molecular formula is C11H20O. The number of carbonyl (C=O) groups is 1. The molecule has 0 spiro atoms. The molecule has 0 saturated heterocycles. The summed E-state index contributed by atoms with van der Waals surface area (Å²) in [5.41, 5.74) is 1.43. The Morgan fingerprint density at radius 1 is 1.42 bits per heavy atom. The van der Waals surface area contributed by atoms with Crippen LogP contribution in [0.3, 0.4) is 0 Å². The Balaban J connectivity index is 3.60. The molecule has 1 nitrogen and oxygen atoms in total. The van der Waals surface area contributed by atoms with Crippen molar-refractivity contribution in [2.45, 2.75) is 46.5 Å². The van der Waals surface area contributed by atoms with Gasteiger partial charge in [-0.15, -0.1) is 0 Å². The third-order valence-electron chi connectivity index (χ3n) is 2.30. The van der Waals surface area contributed by atoms with E-state index in [0.29, 0.717) is 0 Å². The summed E-state index contributed by atoms with van der Waals surface area (Å²) in [4.78, 5) is 10.5. The molecule has 70 valence electrons. The summed E-state index contributed by atoms with van der Waals surface area (Å²) in [6.07, 6.45) is 7.48. The van der Waals surface area contributed by atoms with Gasteiger partial charge in [0.05, 0.1) is 0 Å². The molecule has 1 unspecified atom stereocenters. The van der Waals surface area contributed by atoms with Gasteiger partial charge < -0.3 is 4.79 Å². The van der Waals surface area contributed by atoms with Crippen molar-refractivity contribution in [2.24, 2.45) is 5.92 Å². The minimum absolute atomic E-state index is 0.269. The molecule has 1 heteroatoms. The quantitative estimate of drug-likeness (QED) is 0.439. The van der Waals surface area contributed by atoms with E-state index in [9.17, 15) is 4.79 Å². The minimum Gasteiger partial charge on any atom is -0.303 e. The second kappa shape index (κ2) is 7.08. The molecule has 12 heavy (non-hydrogen) atoms. The second-order valence-electron chi connectivity index (χ2n) is 3.29. The van der Waals surface area contributed by atoms with Gasteiger partial charge in [-0.05, 0) is 32.6 Å². The van der Waals surface area contributed by atoms with Gasteiger partial charge in [-0.25, -0.2) is 0 Å². The van der Waals surface area contributed by atoms with Crippen LogP contribution in [-0.2, 0) is 4.79 Å². The van der Waals surface area contributed by atoms with Gasteiger partial charge in [0, 0.05) is 5.92 Å². The van der Waals surface area contributed by atoms with Gasteiger partial charge in [-0.3, -0.25) is 0 Å². The van der Waals surface area contributed by atoms with Crippen molar-refractivity contribution in [3.05, 3.63) is 11.6 Å². The summed E-state index contributed by atoms with van der Waals surface area (Å²) in [5.74, 6) is 0.269. The second-order valence-corrected chi connectivity index (χ2v) is 3.29. The molecule has 0 heterocycles. The van der Waals surface area contributed by atoms with E-state index in [4.69, 9.17) is 0 Å². The monoisotopic (exact) mass is 168 g/mol. The van der Waals surface area contributed by atoms with Crippen molar-refractivity contribution in [1.82, 2.24) is 0 Å². The smallest absolute Gasteiger partial charge is 0.123 e. The molecule has 0 aromatic carbocycles. The highest BCUT2D eigenvalue weighted by atomic mass is 16.1. The number of carbonyl (C=O) groups excluding carboxylic acids is 1. The number of hydrogen-bond donors (Lipinski definition) is 0. The van der Waals surface area contributed by atoms with Crippen LogP contribution < -0.4 is 0 Å². The molecule has 0 fully saturated rings. The largest absolute Gasteiger partial charge is 0.303 e. The van der Waals surface area contributed by atoms with Crippen LogP contribution in [-0.4, -0.2) is 6.29 Å². The van der Waals surface area contributed by atoms with E-state index < -0.39 is 0 Å². The standard InChI is InChI=1S/C11H20O/c1-4-10(3)7-6-8-11(5-2)9-12/h7,9,11H,4-6,8H2,1-3H3/b10-7-. The van der Waals surface area contributed by atoms with Gasteiger partial charge in [0.2, 0.25) is 0 Å².